The first-order valence-corrected chi connectivity index (χ1v) is 0. The first-order chi connectivity index (χ1) is 0. The van der Waals surface area contributed by atoms with Gasteiger partial charge in [-0.25, -0.2) is 0 Å². The van der Waals surface area contributed by atoms with Gasteiger partial charge in [0, 0.05) is 69.4 Å². The van der Waals surface area contributed by atoms with Crippen LogP contribution in [0.5, 0.6) is 0 Å². The van der Waals surface area contributed by atoms with Gasteiger partial charge in [0.05, 0.1) is 0 Å². The summed E-state index contributed by atoms with van der Waals surface area (Å²) < 4.78 is 0. The van der Waals surface area contributed by atoms with E-state index in [0.29, 0.717) is 0 Å². The van der Waals surface area contributed by atoms with Crippen LogP contribution in [0.25, 0.3) is 0 Å². The summed E-state index contributed by atoms with van der Waals surface area (Å²) in [5.74, 6) is 0. The molecule has 5 heavy (non-hydrogen) atoms. The third-order valence-corrected chi connectivity index (χ3v) is 0. The molecule has 0 heterocycles. The molecule has 31 valence electrons. The van der Waals surface area contributed by atoms with Crippen LogP contribution in [0.2, 0.25) is 0 Å². The van der Waals surface area contributed by atoms with E-state index in [1.807, 2.05) is 0 Å². The first kappa shape index (κ1) is 37.9. The van der Waals surface area contributed by atoms with Gasteiger partial charge in [0.1, 0.15) is 0 Å². The van der Waals surface area contributed by atoms with Crippen molar-refractivity contribution >= 4 is 45.5 Å². The molecule has 0 saturated carbocycles. The van der Waals surface area contributed by atoms with Gasteiger partial charge in [-0.15, -0.1) is 0 Å². The summed E-state index contributed by atoms with van der Waals surface area (Å²) in [4.78, 5) is 0. The Labute approximate surface area is 117 Å². The Hall–Kier alpha value is 3.66. The van der Waals surface area contributed by atoms with E-state index in [-0.39, 0.29) is 120 Å². The van der Waals surface area contributed by atoms with Crippen molar-refractivity contribution in [1.29, 1.82) is 0 Å². The third-order valence-electron chi connectivity index (χ3n) is 0. The van der Waals surface area contributed by atoms with Crippen molar-refractivity contribution in [1.82, 2.24) is 0 Å². The van der Waals surface area contributed by atoms with Crippen molar-refractivity contribution in [2.45, 2.75) is 0 Å². The maximum absolute atomic E-state index is 0. The van der Waals surface area contributed by atoms with E-state index in [1.54, 1.807) is 0 Å². The minimum atomic E-state index is 0. The van der Waals surface area contributed by atoms with E-state index in [1.165, 1.54) is 0 Å². The average Bonchev–Trinajstić information content (AvgIpc) is 0. The monoisotopic (exact) mass is 361 g/mol. The van der Waals surface area contributed by atoms with Crippen LogP contribution < -0.4 is 0 Å². The van der Waals surface area contributed by atoms with Crippen LogP contribution >= 0.6 is 0 Å². The van der Waals surface area contributed by atoms with Crippen molar-refractivity contribution in [3.8, 4) is 0 Å². The molecule has 0 amide bonds. The Morgan fingerprint density at radius 3 is 1.00 bits per heavy atom. The fourth-order valence-electron chi connectivity index (χ4n) is 0. The first-order valence-electron chi connectivity index (χ1n) is 0. The molecule has 0 unspecified atom stereocenters. The van der Waals surface area contributed by atoms with E-state index in [2.05, 4.69) is 0 Å². The topological polar surface area (TPSA) is 31.5 Å². The van der Waals surface area contributed by atoms with Crippen molar-refractivity contribution in [2.75, 3.05) is 0 Å². The predicted molar refractivity (Wildman–Crippen MR) is 12.2 cm³/mol. The van der Waals surface area contributed by atoms with Gasteiger partial charge in [0.25, 0.3) is 0 Å². The summed E-state index contributed by atoms with van der Waals surface area (Å²) in [6, 6.07) is 0. The molecule has 5 heteroatoms. The van der Waals surface area contributed by atoms with Crippen LogP contribution in [0.15, 0.2) is 0 Å². The molecular formula is H4CoLaMnOSr. The molecule has 0 bridgehead atoms. The van der Waals surface area contributed by atoms with E-state index in [0.717, 1.165) is 0 Å². The molecule has 0 saturated heterocycles. The summed E-state index contributed by atoms with van der Waals surface area (Å²) in [6.07, 6.45) is 0. The molecule has 0 fully saturated rings. The molecular weight excluding hydrogens is 356 g/mol. The summed E-state index contributed by atoms with van der Waals surface area (Å²) in [6.45, 7) is 0. The second-order valence-corrected chi connectivity index (χ2v) is 0. The van der Waals surface area contributed by atoms with E-state index in [4.69, 9.17) is 0 Å². The minimum absolute atomic E-state index is 0. The Kier molecular flexibility index (Phi) is 192. The van der Waals surface area contributed by atoms with Crippen LogP contribution in [0, 0.1) is 35.6 Å². The van der Waals surface area contributed by atoms with Crippen LogP contribution in [0.1, 0.15) is 0 Å². The molecule has 3 radical (unpaired) electrons. The van der Waals surface area contributed by atoms with Gasteiger partial charge in [-0.2, -0.15) is 0 Å². The van der Waals surface area contributed by atoms with Gasteiger partial charge in [-0.1, -0.05) is 0 Å². The molecule has 0 aromatic heterocycles. The fourth-order valence-corrected chi connectivity index (χ4v) is 0. The standard InChI is InChI=1S/Co.La.Mn.H2O.Sr.2H/h;;;1H2;;;. The second-order valence-electron chi connectivity index (χ2n) is 0. The number of hydrogen-bond acceptors (Lipinski definition) is 0. The molecule has 2 N–H and O–H groups in total. The molecule has 0 spiro atoms. The Morgan fingerprint density at radius 2 is 1.00 bits per heavy atom. The van der Waals surface area contributed by atoms with Gasteiger partial charge in [0.2, 0.25) is 0 Å². The number of hydrogen-bond donors (Lipinski definition) is 0. The molecule has 0 aromatic rings. The Balaban J connectivity index is 0. The third kappa shape index (κ3) is 18.3. The Morgan fingerprint density at radius 1 is 1.00 bits per heavy atom. The molecule has 0 aromatic carbocycles. The molecule has 0 rings (SSSR count). The van der Waals surface area contributed by atoms with Gasteiger partial charge < -0.3 is 5.48 Å². The van der Waals surface area contributed by atoms with E-state index in [9.17, 15) is 0 Å². The summed E-state index contributed by atoms with van der Waals surface area (Å²) in [5, 5.41) is 0. The van der Waals surface area contributed by atoms with Gasteiger partial charge in [-0.3, -0.25) is 0 Å². The summed E-state index contributed by atoms with van der Waals surface area (Å²) >= 11 is 0. The van der Waals surface area contributed by atoms with Crippen molar-refractivity contribution in [2.24, 2.45) is 0 Å². The summed E-state index contributed by atoms with van der Waals surface area (Å²) in [7, 11) is 0. The zero-order valence-corrected chi connectivity index (χ0v) is 7.64. The SMILES string of the molecule is O.[Co].[La].[Mn].[SrH2]. The zero-order valence-electron chi connectivity index (χ0n) is 1.79. The quantitative estimate of drug-likeness (QED) is 0.459. The maximum atomic E-state index is 0. The van der Waals surface area contributed by atoms with E-state index >= 15 is 0 Å². The molecule has 0 aliphatic carbocycles. The zero-order chi connectivity index (χ0) is 0. The molecule has 1 nitrogen and oxygen atoms in total. The average molecular weight is 360 g/mol. The molecule has 0 aliphatic rings. The fraction of sp³-hybridized carbons (Fsp3) is 0. The van der Waals surface area contributed by atoms with Gasteiger partial charge >= 0.3 is 45.5 Å². The van der Waals surface area contributed by atoms with Gasteiger partial charge in [0.15, 0.2) is 0 Å². The van der Waals surface area contributed by atoms with Crippen LogP contribution in [0.4, 0.5) is 0 Å². The van der Waals surface area contributed by atoms with Crippen LogP contribution in [0.3, 0.4) is 0 Å². The van der Waals surface area contributed by atoms with Crippen LogP contribution in [-0.4, -0.2) is 51.0 Å². The van der Waals surface area contributed by atoms with Gasteiger partial charge in [-0.05, 0) is 0 Å². The van der Waals surface area contributed by atoms with E-state index < -0.39 is 0 Å². The number of rotatable bonds is 0. The second kappa shape index (κ2) is 25.4. The Bertz CT molecular complexity index is 11.6. The van der Waals surface area contributed by atoms with Crippen molar-refractivity contribution < 1.29 is 74.9 Å². The molecule has 0 aliphatic heterocycles. The normalized spacial score (nSPS) is 0. The van der Waals surface area contributed by atoms with Crippen LogP contribution in [-0.2, 0) is 33.8 Å². The molecule has 0 atom stereocenters. The van der Waals surface area contributed by atoms with Crippen molar-refractivity contribution in [3.05, 3.63) is 0 Å². The summed E-state index contributed by atoms with van der Waals surface area (Å²) in [5.41, 5.74) is 0. The predicted octanol–water partition coefficient (Wildman–Crippen LogP) is -1.75. The van der Waals surface area contributed by atoms with Crippen molar-refractivity contribution in [3.63, 3.8) is 0 Å².